The smallest absolute Gasteiger partial charge is 0.333 e. The first-order chi connectivity index (χ1) is 32.0. The van der Waals surface area contributed by atoms with Crippen molar-refractivity contribution in [2.24, 2.45) is 0 Å². The molecule has 1 saturated heterocycles. The van der Waals surface area contributed by atoms with Crippen LogP contribution >= 0.6 is 0 Å². The third kappa shape index (κ3) is 29.0. The Balaban J connectivity index is 2.25. The monoisotopic (exact) mass is 945 g/mol. The second kappa shape index (κ2) is 41.5. The molecular weight excluding hydrogens is 870 g/mol. The molecule has 0 radical (unpaired) electrons. The van der Waals surface area contributed by atoms with Gasteiger partial charge >= 0.3 is 5.97 Å². The molecule has 2 amide bonds. The van der Waals surface area contributed by atoms with E-state index in [0.29, 0.717) is 111 Å². The van der Waals surface area contributed by atoms with Crippen LogP contribution in [0.3, 0.4) is 0 Å². The van der Waals surface area contributed by atoms with E-state index in [1.807, 2.05) is 0 Å². The molecule has 2 unspecified atom stereocenters. The van der Waals surface area contributed by atoms with Gasteiger partial charge in [-0.25, -0.2) is 4.79 Å². The third-order valence-electron chi connectivity index (χ3n) is 8.71. The van der Waals surface area contributed by atoms with Crippen molar-refractivity contribution >= 4 is 17.8 Å². The van der Waals surface area contributed by atoms with Gasteiger partial charge in [0.25, 0.3) is 11.8 Å². The summed E-state index contributed by atoms with van der Waals surface area (Å²) < 4.78 is 103. The first-order valence-corrected chi connectivity index (χ1v) is 22.1. The Morgan fingerprint density at radius 3 is 1.31 bits per heavy atom. The Morgan fingerprint density at radius 1 is 0.477 bits per heavy atom. The lowest BCUT2D eigenvalue weighted by atomic mass is 10.1. The topological polar surface area (TPSA) is 230 Å². The summed E-state index contributed by atoms with van der Waals surface area (Å²) >= 11 is 0. The third-order valence-corrected chi connectivity index (χ3v) is 8.71. The number of hydrogen-bond donors (Lipinski definition) is 0. The second-order valence-electron chi connectivity index (χ2n) is 13.7. The van der Waals surface area contributed by atoms with Crippen LogP contribution in [-0.4, -0.2) is 242 Å². The summed E-state index contributed by atoms with van der Waals surface area (Å²) in [4.78, 5) is 41.5. The van der Waals surface area contributed by atoms with E-state index in [2.05, 4.69) is 0 Å². The Labute approximate surface area is 382 Å². The number of carbonyl (C=O) groups excluding carboxylic acids is 3. The molecule has 3 atom stereocenters. The standard InChI is InChI=1S/C42H75NO22/c1-47-10-14-51-18-22-55-26-27-59-34-35-39(60-31-28-56-23-19-52-15-11-48-2)40(61-32-29-57-24-20-53-16-12-49-3)41(62-33-30-58-25-21-54-17-13-50-4)42(64-35)63-9-5-6-38(46)65-43-36(44)7-8-37(43)45/h35,39,42H,5-34H2,1-4H3/t35?,39?,42-/m0/s1. The van der Waals surface area contributed by atoms with Gasteiger partial charge in [0.15, 0.2) is 11.5 Å². The van der Waals surface area contributed by atoms with Gasteiger partial charge in [-0.05, 0) is 6.42 Å². The Bertz CT molecular complexity index is 1200. The average molecular weight is 946 g/mol. The molecule has 2 heterocycles. The van der Waals surface area contributed by atoms with E-state index < -0.39 is 36.3 Å². The highest BCUT2D eigenvalue weighted by atomic mass is 16.7. The molecule has 0 spiro atoms. The number of carbonyl (C=O) groups is 3. The molecule has 0 bridgehead atoms. The van der Waals surface area contributed by atoms with Crippen LogP contribution in [0.15, 0.2) is 11.5 Å². The fourth-order valence-corrected chi connectivity index (χ4v) is 5.48. The number of hydroxylamine groups is 2. The number of methoxy groups -OCH3 is 4. The van der Waals surface area contributed by atoms with E-state index in [1.54, 1.807) is 28.4 Å². The second-order valence-corrected chi connectivity index (χ2v) is 13.7. The molecule has 380 valence electrons. The number of rotatable bonds is 47. The van der Waals surface area contributed by atoms with Crippen LogP contribution in [0.4, 0.5) is 0 Å². The zero-order chi connectivity index (χ0) is 46.8. The molecule has 0 N–H and O–H groups in total. The number of amides is 2. The quantitative estimate of drug-likeness (QED) is 0.0597. The van der Waals surface area contributed by atoms with Crippen molar-refractivity contribution in [2.45, 2.75) is 44.2 Å². The van der Waals surface area contributed by atoms with E-state index >= 15 is 0 Å². The van der Waals surface area contributed by atoms with Crippen LogP contribution in [0.5, 0.6) is 0 Å². The van der Waals surface area contributed by atoms with Gasteiger partial charge in [-0.15, -0.1) is 5.06 Å². The maximum absolute atomic E-state index is 12.6. The highest BCUT2D eigenvalue weighted by Crippen LogP contribution is 2.32. The molecule has 0 aliphatic carbocycles. The molecule has 0 aromatic rings. The van der Waals surface area contributed by atoms with Crippen molar-refractivity contribution in [2.75, 3.05) is 200 Å². The number of imide groups is 1. The minimum absolute atomic E-state index is 0.0133. The molecular formula is C42H75NO22. The van der Waals surface area contributed by atoms with Crippen LogP contribution in [0.2, 0.25) is 0 Å². The van der Waals surface area contributed by atoms with Crippen LogP contribution in [-0.2, 0) is 104 Å². The van der Waals surface area contributed by atoms with E-state index in [1.165, 1.54) is 0 Å². The lowest BCUT2D eigenvalue weighted by Gasteiger charge is -2.38. The fraction of sp³-hybridized carbons (Fsp3) is 0.881. The van der Waals surface area contributed by atoms with Gasteiger partial charge in [0.1, 0.15) is 25.4 Å². The number of ether oxygens (including phenoxy) is 18. The SMILES string of the molecule is COCCOCCOCCOCC1O[C@H](OCCCC(=O)ON2C(=O)CCC2=O)C(OCCOCCOCCOC)=C(OCCOCCOCCOC)C1OCCOCCOCCOC. The van der Waals surface area contributed by atoms with E-state index in [4.69, 9.17) is 90.1 Å². The molecule has 2 aliphatic heterocycles. The average Bonchev–Trinajstić information content (AvgIpc) is 3.62. The highest BCUT2D eigenvalue weighted by Gasteiger charge is 2.42. The van der Waals surface area contributed by atoms with Crippen LogP contribution < -0.4 is 0 Å². The highest BCUT2D eigenvalue weighted by molar-refractivity contribution is 6.01. The van der Waals surface area contributed by atoms with Crippen molar-refractivity contribution < 1.29 is 104 Å². The summed E-state index contributed by atoms with van der Waals surface area (Å²) in [5.74, 6) is -1.46. The summed E-state index contributed by atoms with van der Waals surface area (Å²) in [6, 6.07) is 0. The normalized spacial score (nSPS) is 17.7. The summed E-state index contributed by atoms with van der Waals surface area (Å²) in [5.41, 5.74) is 0. The molecule has 23 heteroatoms. The van der Waals surface area contributed by atoms with Crippen molar-refractivity contribution in [1.29, 1.82) is 0 Å². The first kappa shape index (κ1) is 58.4. The summed E-state index contributed by atoms with van der Waals surface area (Å²) in [6.45, 7) is 7.96. The van der Waals surface area contributed by atoms with Gasteiger partial charge in [-0.1, -0.05) is 0 Å². The fourth-order valence-electron chi connectivity index (χ4n) is 5.48. The Hall–Kier alpha value is -2.69. The van der Waals surface area contributed by atoms with Gasteiger partial charge in [-0.2, -0.15) is 0 Å². The summed E-state index contributed by atoms with van der Waals surface area (Å²) in [7, 11) is 6.41. The molecule has 0 aromatic heterocycles. The van der Waals surface area contributed by atoms with Crippen molar-refractivity contribution in [3.63, 3.8) is 0 Å². The predicted molar refractivity (Wildman–Crippen MR) is 225 cm³/mol. The number of hydrogen-bond acceptors (Lipinski definition) is 22. The Morgan fingerprint density at radius 2 is 0.862 bits per heavy atom. The minimum atomic E-state index is -1.16. The van der Waals surface area contributed by atoms with E-state index in [9.17, 15) is 14.4 Å². The van der Waals surface area contributed by atoms with Crippen molar-refractivity contribution in [3.8, 4) is 0 Å². The molecule has 0 aromatic carbocycles. The van der Waals surface area contributed by atoms with E-state index in [-0.39, 0.29) is 103 Å². The molecule has 0 saturated carbocycles. The lowest BCUT2D eigenvalue weighted by molar-refractivity contribution is -0.231. The predicted octanol–water partition coefficient (Wildman–Crippen LogP) is 0.480. The van der Waals surface area contributed by atoms with Gasteiger partial charge in [0.05, 0.1) is 165 Å². The molecule has 65 heavy (non-hydrogen) atoms. The molecule has 1 fully saturated rings. The molecule has 2 rings (SSSR count). The Kier molecular flexibility index (Phi) is 37.3. The van der Waals surface area contributed by atoms with Gasteiger partial charge in [0, 0.05) is 41.3 Å². The van der Waals surface area contributed by atoms with Crippen molar-refractivity contribution in [1.82, 2.24) is 5.06 Å². The summed E-state index contributed by atoms with van der Waals surface area (Å²) in [6.07, 6.45) is -2.88. The van der Waals surface area contributed by atoms with Crippen LogP contribution in [0.25, 0.3) is 0 Å². The number of nitrogens with zero attached hydrogens (tertiary/aromatic N) is 1. The van der Waals surface area contributed by atoms with Crippen LogP contribution in [0.1, 0.15) is 25.7 Å². The van der Waals surface area contributed by atoms with Gasteiger partial charge in [0.2, 0.25) is 6.29 Å². The minimum Gasteiger partial charge on any atom is -0.489 e. The molecule has 2 aliphatic rings. The lowest BCUT2D eigenvalue weighted by Crippen LogP contribution is -2.48. The molecule has 23 nitrogen and oxygen atoms in total. The maximum atomic E-state index is 12.6. The van der Waals surface area contributed by atoms with Gasteiger partial charge in [-0.3, -0.25) is 9.59 Å². The summed E-state index contributed by atoms with van der Waals surface area (Å²) in [5, 5.41) is 0.506. The largest absolute Gasteiger partial charge is 0.489 e. The first-order valence-electron chi connectivity index (χ1n) is 22.1. The van der Waals surface area contributed by atoms with Crippen molar-refractivity contribution in [3.05, 3.63) is 11.5 Å². The van der Waals surface area contributed by atoms with E-state index in [0.717, 1.165) is 0 Å². The zero-order valence-corrected chi connectivity index (χ0v) is 38.9. The maximum Gasteiger partial charge on any atom is 0.333 e. The zero-order valence-electron chi connectivity index (χ0n) is 38.9. The van der Waals surface area contributed by atoms with Crippen LogP contribution in [0, 0.1) is 0 Å². The van der Waals surface area contributed by atoms with Gasteiger partial charge < -0.3 is 90.1 Å².